The van der Waals surface area contributed by atoms with Gasteiger partial charge < -0.3 is 4.74 Å². The van der Waals surface area contributed by atoms with Crippen LogP contribution in [0.2, 0.25) is 0 Å². The molecule has 0 aromatic heterocycles. The molecule has 2 heteroatoms. The molecule has 0 saturated heterocycles. The molecule has 0 aliphatic heterocycles. The third-order valence-corrected chi connectivity index (χ3v) is 2.76. The van der Waals surface area contributed by atoms with E-state index in [1.165, 1.54) is 19.3 Å². The largest absolute Gasteiger partial charge is 0.377 e. The summed E-state index contributed by atoms with van der Waals surface area (Å²) < 4.78 is 5.70. The lowest BCUT2D eigenvalue weighted by molar-refractivity contribution is 0.00928. The van der Waals surface area contributed by atoms with Crippen LogP contribution in [0.4, 0.5) is 0 Å². The monoisotopic (exact) mass is 188 g/mol. The van der Waals surface area contributed by atoms with E-state index in [4.69, 9.17) is 4.74 Å². The minimum absolute atomic E-state index is 0.510. The first-order valence-corrected chi connectivity index (χ1v) is 5.58. The lowest BCUT2D eigenvalue weighted by Gasteiger charge is -2.31. The molecular formula is C10H20OS. The summed E-state index contributed by atoms with van der Waals surface area (Å²) in [6.45, 7) is 5.46. The first-order valence-electron chi connectivity index (χ1n) is 4.94. The van der Waals surface area contributed by atoms with E-state index in [0.29, 0.717) is 6.10 Å². The Labute approximate surface area is 81.3 Å². The van der Waals surface area contributed by atoms with Crippen molar-refractivity contribution in [3.63, 3.8) is 0 Å². The molecule has 0 aromatic carbocycles. The van der Waals surface area contributed by atoms with Crippen LogP contribution in [0.1, 0.15) is 33.1 Å². The van der Waals surface area contributed by atoms with Crippen molar-refractivity contribution in [3.8, 4) is 0 Å². The maximum atomic E-state index is 5.70. The van der Waals surface area contributed by atoms with Gasteiger partial charge in [-0.1, -0.05) is 13.8 Å². The minimum atomic E-state index is 0.510. The van der Waals surface area contributed by atoms with E-state index in [-0.39, 0.29) is 0 Å². The van der Waals surface area contributed by atoms with E-state index in [0.717, 1.165) is 24.2 Å². The van der Waals surface area contributed by atoms with Crippen molar-refractivity contribution in [3.05, 3.63) is 0 Å². The van der Waals surface area contributed by atoms with Crippen LogP contribution in [-0.2, 0) is 4.74 Å². The number of thiol groups is 1. The molecule has 0 spiro atoms. The van der Waals surface area contributed by atoms with E-state index >= 15 is 0 Å². The number of rotatable bonds is 3. The third-order valence-electron chi connectivity index (χ3n) is 2.58. The summed E-state index contributed by atoms with van der Waals surface area (Å²) in [6, 6.07) is 0. The molecule has 0 radical (unpaired) electrons. The smallest absolute Gasteiger partial charge is 0.0580 e. The summed E-state index contributed by atoms with van der Waals surface area (Å²) >= 11 is 4.14. The Morgan fingerprint density at radius 1 is 1.17 bits per heavy atom. The zero-order valence-corrected chi connectivity index (χ0v) is 9.02. The molecule has 1 fully saturated rings. The highest BCUT2D eigenvalue weighted by Gasteiger charge is 2.23. The van der Waals surface area contributed by atoms with Gasteiger partial charge in [-0.3, -0.25) is 0 Å². The molecule has 0 N–H and O–H groups in total. The van der Waals surface area contributed by atoms with Gasteiger partial charge in [0.25, 0.3) is 0 Å². The predicted octanol–water partition coefficient (Wildman–Crippen LogP) is 2.76. The van der Waals surface area contributed by atoms with Gasteiger partial charge in [0, 0.05) is 5.75 Å². The molecule has 12 heavy (non-hydrogen) atoms. The van der Waals surface area contributed by atoms with Gasteiger partial charge in [0.1, 0.15) is 0 Å². The maximum Gasteiger partial charge on any atom is 0.0580 e. The summed E-state index contributed by atoms with van der Waals surface area (Å²) in [6.07, 6.45) is 4.38. The van der Waals surface area contributed by atoms with E-state index < -0.39 is 0 Å². The fourth-order valence-electron chi connectivity index (χ4n) is 2.23. The highest BCUT2D eigenvalue weighted by atomic mass is 32.1. The Kier molecular flexibility index (Phi) is 4.44. The highest BCUT2D eigenvalue weighted by Crippen LogP contribution is 2.30. The summed E-state index contributed by atoms with van der Waals surface area (Å²) in [5, 5.41) is 0. The predicted molar refractivity (Wildman–Crippen MR) is 55.8 cm³/mol. The summed E-state index contributed by atoms with van der Waals surface area (Å²) in [5.41, 5.74) is 0. The normalized spacial score (nSPS) is 36.8. The van der Waals surface area contributed by atoms with Gasteiger partial charge >= 0.3 is 0 Å². The fraction of sp³-hybridized carbons (Fsp3) is 1.00. The van der Waals surface area contributed by atoms with Crippen LogP contribution < -0.4 is 0 Å². The second kappa shape index (κ2) is 5.13. The van der Waals surface area contributed by atoms with Gasteiger partial charge in [0.2, 0.25) is 0 Å². The topological polar surface area (TPSA) is 9.23 Å². The Bertz CT molecular complexity index is 117. The van der Waals surface area contributed by atoms with Crippen LogP contribution in [-0.4, -0.2) is 18.5 Å². The lowest BCUT2D eigenvalue weighted by atomic mass is 9.82. The first kappa shape index (κ1) is 10.4. The minimum Gasteiger partial charge on any atom is -0.377 e. The van der Waals surface area contributed by atoms with Crippen LogP contribution in [0.25, 0.3) is 0 Å². The quantitative estimate of drug-likeness (QED) is 0.670. The third kappa shape index (κ3) is 3.36. The van der Waals surface area contributed by atoms with Crippen molar-refractivity contribution in [1.82, 2.24) is 0 Å². The molecule has 1 rings (SSSR count). The maximum absolute atomic E-state index is 5.70. The van der Waals surface area contributed by atoms with Crippen molar-refractivity contribution in [2.45, 2.75) is 39.2 Å². The molecule has 1 nitrogen and oxygen atoms in total. The Balaban J connectivity index is 2.24. The summed E-state index contributed by atoms with van der Waals surface area (Å²) in [5.74, 6) is 2.54. The molecule has 1 saturated carbocycles. The Morgan fingerprint density at radius 3 is 2.25 bits per heavy atom. The number of hydrogen-bond acceptors (Lipinski definition) is 2. The zero-order valence-electron chi connectivity index (χ0n) is 8.12. The van der Waals surface area contributed by atoms with Crippen LogP contribution >= 0.6 is 12.6 Å². The van der Waals surface area contributed by atoms with Gasteiger partial charge in [-0.25, -0.2) is 0 Å². The molecule has 72 valence electrons. The zero-order chi connectivity index (χ0) is 8.97. The molecular weight excluding hydrogens is 168 g/mol. The average Bonchev–Trinajstić information content (AvgIpc) is 1.99. The van der Waals surface area contributed by atoms with Crippen LogP contribution in [0.15, 0.2) is 0 Å². The average molecular weight is 188 g/mol. The Morgan fingerprint density at radius 2 is 1.75 bits per heavy atom. The van der Waals surface area contributed by atoms with Gasteiger partial charge in [-0.2, -0.15) is 12.6 Å². The van der Waals surface area contributed by atoms with E-state index in [9.17, 15) is 0 Å². The molecule has 2 unspecified atom stereocenters. The second-order valence-electron chi connectivity index (χ2n) is 4.13. The molecule has 0 amide bonds. The summed E-state index contributed by atoms with van der Waals surface area (Å²) in [4.78, 5) is 0. The number of ether oxygens (including phenoxy) is 1. The first-order chi connectivity index (χ1) is 5.72. The van der Waals surface area contributed by atoms with Crippen molar-refractivity contribution < 1.29 is 4.74 Å². The van der Waals surface area contributed by atoms with Crippen molar-refractivity contribution >= 4 is 12.6 Å². The van der Waals surface area contributed by atoms with Crippen molar-refractivity contribution in [1.29, 1.82) is 0 Å². The standard InChI is InChI=1S/C10H20OS/c1-8-5-9(2)7-10(6-8)11-3-4-12/h8-10,12H,3-7H2,1-2H3. The molecule has 1 aliphatic rings. The van der Waals surface area contributed by atoms with Crippen LogP contribution in [0.5, 0.6) is 0 Å². The van der Waals surface area contributed by atoms with Gasteiger partial charge in [-0.15, -0.1) is 0 Å². The van der Waals surface area contributed by atoms with E-state index in [2.05, 4.69) is 26.5 Å². The second-order valence-corrected chi connectivity index (χ2v) is 4.58. The lowest BCUT2D eigenvalue weighted by Crippen LogP contribution is -2.26. The van der Waals surface area contributed by atoms with Crippen LogP contribution in [0, 0.1) is 11.8 Å². The molecule has 1 aliphatic carbocycles. The van der Waals surface area contributed by atoms with E-state index in [1.807, 2.05) is 0 Å². The van der Waals surface area contributed by atoms with Crippen molar-refractivity contribution in [2.75, 3.05) is 12.4 Å². The van der Waals surface area contributed by atoms with Crippen LogP contribution in [0.3, 0.4) is 0 Å². The fourth-order valence-corrected chi connectivity index (χ4v) is 2.33. The highest BCUT2D eigenvalue weighted by molar-refractivity contribution is 7.80. The molecule has 0 bridgehead atoms. The molecule has 0 heterocycles. The SMILES string of the molecule is CC1CC(C)CC(OCCS)C1. The van der Waals surface area contributed by atoms with Gasteiger partial charge in [-0.05, 0) is 31.1 Å². The molecule has 2 atom stereocenters. The summed E-state index contributed by atoms with van der Waals surface area (Å²) in [7, 11) is 0. The van der Waals surface area contributed by atoms with E-state index in [1.54, 1.807) is 0 Å². The number of hydrogen-bond donors (Lipinski definition) is 1. The van der Waals surface area contributed by atoms with Crippen molar-refractivity contribution in [2.24, 2.45) is 11.8 Å². The van der Waals surface area contributed by atoms with Gasteiger partial charge in [0.15, 0.2) is 0 Å². The Hall–Kier alpha value is 0.310. The van der Waals surface area contributed by atoms with Gasteiger partial charge in [0.05, 0.1) is 12.7 Å². The molecule has 0 aromatic rings.